The maximum atomic E-state index is 12.6. The summed E-state index contributed by atoms with van der Waals surface area (Å²) in [6.45, 7) is 2.23. The highest BCUT2D eigenvalue weighted by atomic mass is 16.4. The first-order valence-electron chi connectivity index (χ1n) is 16.3. The van der Waals surface area contributed by atoms with Gasteiger partial charge in [-0.05, 0) is 93.6 Å². The molecule has 1 aromatic rings. The number of aliphatic carboxylic acids is 1. The van der Waals surface area contributed by atoms with Crippen molar-refractivity contribution in [2.45, 2.75) is 134 Å². The Morgan fingerprint density at radius 3 is 2.28 bits per heavy atom. The van der Waals surface area contributed by atoms with Crippen LogP contribution in [-0.2, 0) is 10.2 Å². The molecule has 0 spiro atoms. The van der Waals surface area contributed by atoms with E-state index >= 15 is 0 Å². The van der Waals surface area contributed by atoms with E-state index in [4.69, 9.17) is 5.73 Å². The molecule has 39 heavy (non-hydrogen) atoms. The minimum absolute atomic E-state index is 0.0132. The van der Waals surface area contributed by atoms with Crippen molar-refractivity contribution in [2.75, 3.05) is 6.54 Å². The van der Waals surface area contributed by atoms with Crippen LogP contribution in [-0.4, -0.2) is 28.8 Å². The van der Waals surface area contributed by atoms with Gasteiger partial charge < -0.3 is 15.9 Å². The fourth-order valence-corrected chi connectivity index (χ4v) is 7.91. The molecular formula is C35H57NO3. The number of rotatable bonds is 17. The van der Waals surface area contributed by atoms with Crippen molar-refractivity contribution in [2.24, 2.45) is 29.4 Å². The van der Waals surface area contributed by atoms with Gasteiger partial charge in [0.05, 0.1) is 12.0 Å². The Kier molecular flexibility index (Phi) is 14.1. The predicted molar refractivity (Wildman–Crippen MR) is 163 cm³/mol. The molecule has 4 nitrogen and oxygen atoms in total. The summed E-state index contributed by atoms with van der Waals surface area (Å²) in [5, 5.41) is 21.0. The van der Waals surface area contributed by atoms with Crippen LogP contribution in [0, 0.1) is 23.7 Å². The predicted octanol–water partition coefficient (Wildman–Crippen LogP) is 8.42. The summed E-state index contributed by atoms with van der Waals surface area (Å²) in [6.07, 6.45) is 25.3. The lowest BCUT2D eigenvalue weighted by Gasteiger charge is -2.44. The van der Waals surface area contributed by atoms with E-state index in [0.717, 1.165) is 57.3 Å². The van der Waals surface area contributed by atoms with E-state index in [0.29, 0.717) is 6.54 Å². The molecular weight excluding hydrogens is 482 g/mol. The zero-order valence-electron chi connectivity index (χ0n) is 24.7. The summed E-state index contributed by atoms with van der Waals surface area (Å²) < 4.78 is 0. The van der Waals surface area contributed by atoms with Crippen molar-refractivity contribution < 1.29 is 15.0 Å². The largest absolute Gasteiger partial charge is 0.481 e. The SMILES string of the molecule is C[C@H](O)[C@H](C(=O)O)[C@H](CC1(c2ccccc2)CCCCC1)[C@H](CCN)CCCCC=CCCC1CCCCC1. The molecule has 0 unspecified atom stereocenters. The number of benzene rings is 1. The average molecular weight is 540 g/mol. The molecule has 0 bridgehead atoms. The number of unbranched alkanes of at least 4 members (excludes halogenated alkanes) is 2. The minimum atomic E-state index is -0.878. The first-order chi connectivity index (χ1) is 19.0. The Bertz CT molecular complexity index is 824. The molecule has 0 aliphatic heterocycles. The molecule has 2 aliphatic rings. The summed E-state index contributed by atoms with van der Waals surface area (Å²) in [5.41, 5.74) is 7.45. The van der Waals surface area contributed by atoms with Gasteiger partial charge in [0, 0.05) is 0 Å². The lowest BCUT2D eigenvalue weighted by atomic mass is 9.60. The highest BCUT2D eigenvalue weighted by Gasteiger charge is 2.44. The normalized spacial score (nSPS) is 21.4. The Hall–Kier alpha value is -1.65. The van der Waals surface area contributed by atoms with Crippen LogP contribution in [0.4, 0.5) is 0 Å². The van der Waals surface area contributed by atoms with Crippen LogP contribution in [0.5, 0.6) is 0 Å². The van der Waals surface area contributed by atoms with Crippen LogP contribution < -0.4 is 5.73 Å². The van der Waals surface area contributed by atoms with Crippen LogP contribution in [0.15, 0.2) is 42.5 Å². The van der Waals surface area contributed by atoms with Crippen molar-refractivity contribution in [1.29, 1.82) is 0 Å². The lowest BCUT2D eigenvalue weighted by molar-refractivity contribution is -0.150. The summed E-state index contributed by atoms with van der Waals surface area (Å²) >= 11 is 0. The molecule has 0 amide bonds. The number of hydrogen-bond acceptors (Lipinski definition) is 3. The molecule has 4 heteroatoms. The second-order valence-electron chi connectivity index (χ2n) is 12.9. The standard InChI is InChI=1S/C35H57NO3/c1-28(37)33(34(38)39)32(27-35(24-15-8-16-25-35)31-21-13-7-14-22-31)30(23-26-36)20-12-5-3-2-4-9-17-29-18-10-6-11-19-29/h2,4,7,13-14,21-22,28-30,32-33,37H,3,5-6,8-12,15-20,23-27,36H2,1H3,(H,38,39)/t28-,30-,32+,33-/m0/s1. The third kappa shape index (κ3) is 10.0. The molecule has 0 saturated heterocycles. The van der Waals surface area contributed by atoms with Crippen molar-refractivity contribution >= 4 is 5.97 Å². The smallest absolute Gasteiger partial charge is 0.309 e. The molecule has 220 valence electrons. The van der Waals surface area contributed by atoms with Crippen LogP contribution in [0.3, 0.4) is 0 Å². The molecule has 1 aromatic carbocycles. The molecule has 4 atom stereocenters. The molecule has 2 saturated carbocycles. The van der Waals surface area contributed by atoms with E-state index in [2.05, 4.69) is 42.5 Å². The topological polar surface area (TPSA) is 83.5 Å². The number of carbonyl (C=O) groups is 1. The number of hydrogen-bond donors (Lipinski definition) is 3. The van der Waals surface area contributed by atoms with Crippen molar-refractivity contribution in [3.63, 3.8) is 0 Å². The highest BCUT2D eigenvalue weighted by Crippen LogP contribution is 2.48. The monoisotopic (exact) mass is 539 g/mol. The third-order valence-electron chi connectivity index (χ3n) is 10.1. The maximum Gasteiger partial charge on any atom is 0.309 e. The van der Waals surface area contributed by atoms with Gasteiger partial charge in [-0.15, -0.1) is 0 Å². The van der Waals surface area contributed by atoms with E-state index in [1.54, 1.807) is 6.92 Å². The summed E-state index contributed by atoms with van der Waals surface area (Å²) in [5.74, 6) is -0.559. The fourth-order valence-electron chi connectivity index (χ4n) is 7.91. The van der Waals surface area contributed by atoms with Crippen molar-refractivity contribution in [3.8, 4) is 0 Å². The van der Waals surface area contributed by atoms with Gasteiger partial charge in [-0.3, -0.25) is 4.79 Å². The Balaban J connectivity index is 1.65. The Morgan fingerprint density at radius 1 is 0.974 bits per heavy atom. The number of carboxylic acid groups (broad SMARTS) is 1. The second kappa shape index (κ2) is 17.2. The zero-order chi connectivity index (χ0) is 27.9. The third-order valence-corrected chi connectivity index (χ3v) is 10.1. The maximum absolute atomic E-state index is 12.6. The summed E-state index contributed by atoms with van der Waals surface area (Å²) in [7, 11) is 0. The van der Waals surface area contributed by atoms with Crippen LogP contribution >= 0.6 is 0 Å². The number of allylic oxidation sites excluding steroid dienone is 2. The van der Waals surface area contributed by atoms with E-state index in [9.17, 15) is 15.0 Å². The van der Waals surface area contributed by atoms with Crippen LogP contribution in [0.1, 0.15) is 128 Å². The minimum Gasteiger partial charge on any atom is -0.481 e. The summed E-state index contributed by atoms with van der Waals surface area (Å²) in [4.78, 5) is 12.6. The van der Waals surface area contributed by atoms with Gasteiger partial charge >= 0.3 is 5.97 Å². The molecule has 2 aliphatic carbocycles. The molecule has 0 aromatic heterocycles. The van der Waals surface area contributed by atoms with Gasteiger partial charge in [-0.25, -0.2) is 0 Å². The zero-order valence-corrected chi connectivity index (χ0v) is 24.7. The van der Waals surface area contributed by atoms with Gasteiger partial charge in [0.1, 0.15) is 0 Å². The number of nitrogens with two attached hydrogens (primary N) is 1. The summed E-state index contributed by atoms with van der Waals surface area (Å²) in [6, 6.07) is 10.8. The quantitative estimate of drug-likeness (QED) is 0.137. The van der Waals surface area contributed by atoms with E-state index in [-0.39, 0.29) is 17.3 Å². The Morgan fingerprint density at radius 2 is 1.64 bits per heavy atom. The fraction of sp³-hybridized carbons (Fsp3) is 0.743. The van der Waals surface area contributed by atoms with Gasteiger partial charge in [-0.1, -0.05) is 107 Å². The molecule has 4 N–H and O–H groups in total. The second-order valence-corrected chi connectivity index (χ2v) is 12.9. The van der Waals surface area contributed by atoms with Gasteiger partial charge in [0.15, 0.2) is 0 Å². The Labute approximate surface area is 238 Å². The van der Waals surface area contributed by atoms with Crippen molar-refractivity contribution in [3.05, 3.63) is 48.0 Å². The number of aliphatic hydroxyl groups is 1. The van der Waals surface area contributed by atoms with Crippen LogP contribution in [0.2, 0.25) is 0 Å². The lowest BCUT2D eigenvalue weighted by Crippen LogP contribution is -2.42. The molecule has 2 fully saturated rings. The van der Waals surface area contributed by atoms with Crippen LogP contribution in [0.25, 0.3) is 0 Å². The van der Waals surface area contributed by atoms with Gasteiger partial charge in [0.25, 0.3) is 0 Å². The van der Waals surface area contributed by atoms with E-state index in [1.165, 1.54) is 69.8 Å². The van der Waals surface area contributed by atoms with E-state index in [1.807, 2.05) is 0 Å². The van der Waals surface area contributed by atoms with Gasteiger partial charge in [-0.2, -0.15) is 0 Å². The van der Waals surface area contributed by atoms with Gasteiger partial charge in [0.2, 0.25) is 0 Å². The molecule has 3 rings (SSSR count). The highest BCUT2D eigenvalue weighted by molar-refractivity contribution is 5.71. The van der Waals surface area contributed by atoms with E-state index < -0.39 is 18.0 Å². The molecule has 0 heterocycles. The number of carboxylic acids is 1. The average Bonchev–Trinajstić information content (AvgIpc) is 2.94. The molecule has 0 radical (unpaired) electrons. The van der Waals surface area contributed by atoms with Crippen molar-refractivity contribution in [1.82, 2.24) is 0 Å². The number of aliphatic hydroxyl groups excluding tert-OH is 1. The first kappa shape index (κ1) is 31.9. The first-order valence-corrected chi connectivity index (χ1v) is 16.3.